The Labute approximate surface area is 226 Å². The van der Waals surface area contributed by atoms with E-state index in [1.807, 2.05) is 12.1 Å². The summed E-state index contributed by atoms with van der Waals surface area (Å²) in [5, 5.41) is 8.15. The Morgan fingerprint density at radius 3 is 2.33 bits per heavy atom. The van der Waals surface area contributed by atoms with Gasteiger partial charge in [-0.1, -0.05) is 18.2 Å². The molecule has 0 atom stereocenters. The van der Waals surface area contributed by atoms with Gasteiger partial charge in [0.15, 0.2) is 0 Å². The topological polar surface area (TPSA) is 123 Å². The molecule has 4 rings (SSSR count). The first-order valence-corrected chi connectivity index (χ1v) is 13.0. The van der Waals surface area contributed by atoms with Crippen molar-refractivity contribution in [3.05, 3.63) is 70.1 Å². The molecule has 1 saturated heterocycles. The van der Waals surface area contributed by atoms with Crippen molar-refractivity contribution >= 4 is 34.3 Å². The molecule has 1 amide bonds. The van der Waals surface area contributed by atoms with Crippen molar-refractivity contribution in [1.29, 1.82) is 0 Å². The number of rotatable bonds is 10. The number of nitrogens with one attached hydrogen (secondary N) is 1. The fourth-order valence-corrected chi connectivity index (χ4v) is 4.56. The zero-order valence-electron chi connectivity index (χ0n) is 22.2. The minimum atomic E-state index is -0.428. The van der Waals surface area contributed by atoms with E-state index in [9.17, 15) is 19.2 Å². The van der Waals surface area contributed by atoms with Crippen LogP contribution in [0.15, 0.2) is 53.3 Å². The smallest absolute Gasteiger partial charge is 0.337 e. The van der Waals surface area contributed by atoms with Crippen molar-refractivity contribution < 1.29 is 23.9 Å². The number of carbonyl (C=O) groups excluding carboxylic acids is 3. The summed E-state index contributed by atoms with van der Waals surface area (Å²) >= 11 is 0. The van der Waals surface area contributed by atoms with Crippen molar-refractivity contribution in [2.45, 2.75) is 26.4 Å². The highest BCUT2D eigenvalue weighted by Gasteiger charge is 2.19. The third-order valence-electron chi connectivity index (χ3n) is 6.67. The van der Waals surface area contributed by atoms with Gasteiger partial charge >= 0.3 is 11.9 Å². The number of fused-ring (bicyclic) bond motifs is 1. The van der Waals surface area contributed by atoms with Gasteiger partial charge in [-0.05, 0) is 37.3 Å². The van der Waals surface area contributed by atoms with Gasteiger partial charge < -0.3 is 19.7 Å². The van der Waals surface area contributed by atoms with E-state index < -0.39 is 5.97 Å². The van der Waals surface area contributed by atoms with Crippen LogP contribution >= 0.6 is 0 Å². The summed E-state index contributed by atoms with van der Waals surface area (Å²) in [6, 6.07) is 14.3. The van der Waals surface area contributed by atoms with Gasteiger partial charge in [0.1, 0.15) is 6.67 Å². The molecule has 1 aliphatic rings. The number of amides is 1. The van der Waals surface area contributed by atoms with E-state index in [2.05, 4.69) is 20.2 Å². The van der Waals surface area contributed by atoms with Crippen molar-refractivity contribution in [2.24, 2.45) is 0 Å². The Morgan fingerprint density at radius 1 is 0.974 bits per heavy atom. The van der Waals surface area contributed by atoms with E-state index in [1.165, 1.54) is 11.8 Å². The van der Waals surface area contributed by atoms with Crippen LogP contribution in [0, 0.1) is 0 Å². The summed E-state index contributed by atoms with van der Waals surface area (Å²) in [6.45, 7) is 5.70. The maximum absolute atomic E-state index is 12.9. The summed E-state index contributed by atoms with van der Waals surface area (Å²) in [6.07, 6.45) is 0.218. The molecule has 1 N–H and O–H groups in total. The first kappa shape index (κ1) is 27.8. The third-order valence-corrected chi connectivity index (χ3v) is 6.67. The average molecular weight is 536 g/mol. The van der Waals surface area contributed by atoms with Gasteiger partial charge in [0.2, 0.25) is 5.91 Å². The molecule has 2 heterocycles. The van der Waals surface area contributed by atoms with Crippen molar-refractivity contribution in [3.63, 3.8) is 0 Å². The van der Waals surface area contributed by atoms with Crippen LogP contribution < -0.4 is 15.8 Å². The van der Waals surface area contributed by atoms with Crippen LogP contribution in [0.4, 0.5) is 5.69 Å². The number of anilines is 1. The number of esters is 2. The number of benzene rings is 2. The number of aromatic nitrogens is 2. The maximum atomic E-state index is 12.9. The quantitative estimate of drug-likeness (QED) is 0.386. The van der Waals surface area contributed by atoms with E-state index >= 15 is 0 Å². The average Bonchev–Trinajstić information content (AvgIpc) is 2.97. The normalized spacial score (nSPS) is 13.7. The second-order valence-corrected chi connectivity index (χ2v) is 9.15. The molecule has 1 aromatic heterocycles. The Morgan fingerprint density at radius 2 is 1.67 bits per heavy atom. The molecule has 0 aliphatic carbocycles. The zero-order chi connectivity index (χ0) is 27.8. The molecule has 1 fully saturated rings. The standard InChI is InChI=1S/C28H33N5O6/c1-3-39-26(35)18-24-22-6-4-5-7-23(22)27(36)33(30-24)19-29-25(34)12-13-31-14-16-32(17-15-31)21-10-8-20(9-11-21)28(37)38-2/h4-11H,3,12-19H2,1-2H3,(H,29,34). The van der Waals surface area contributed by atoms with Crippen molar-refractivity contribution in [1.82, 2.24) is 20.0 Å². The Kier molecular flexibility index (Phi) is 9.27. The molecule has 39 heavy (non-hydrogen) atoms. The molecule has 1 aliphatic heterocycles. The number of nitrogens with zero attached hydrogens (tertiary/aromatic N) is 4. The summed E-state index contributed by atoms with van der Waals surface area (Å²) in [5.41, 5.74) is 1.64. The lowest BCUT2D eigenvalue weighted by Crippen LogP contribution is -2.47. The number of ether oxygens (including phenoxy) is 2. The van der Waals surface area contributed by atoms with Crippen LogP contribution in [-0.4, -0.2) is 79.0 Å². The Hall–Kier alpha value is -4.25. The van der Waals surface area contributed by atoms with E-state index in [0.29, 0.717) is 28.6 Å². The zero-order valence-corrected chi connectivity index (χ0v) is 22.2. The molecular formula is C28H33N5O6. The molecule has 0 radical (unpaired) electrons. The summed E-state index contributed by atoms with van der Waals surface area (Å²) in [7, 11) is 1.36. The highest BCUT2D eigenvalue weighted by Crippen LogP contribution is 2.18. The second-order valence-electron chi connectivity index (χ2n) is 9.15. The minimum Gasteiger partial charge on any atom is -0.466 e. The number of methoxy groups -OCH3 is 1. The van der Waals surface area contributed by atoms with Crippen LogP contribution in [0.25, 0.3) is 10.8 Å². The van der Waals surface area contributed by atoms with Gasteiger partial charge in [-0.25, -0.2) is 9.48 Å². The third kappa shape index (κ3) is 6.99. The van der Waals surface area contributed by atoms with Gasteiger partial charge in [-0.2, -0.15) is 5.10 Å². The molecule has 0 spiro atoms. The second kappa shape index (κ2) is 13.0. The minimum absolute atomic E-state index is 0.0655. The summed E-state index contributed by atoms with van der Waals surface area (Å²) in [5.74, 6) is -0.977. The van der Waals surface area contributed by atoms with Crippen molar-refractivity contribution in [3.8, 4) is 0 Å². The molecule has 3 aromatic rings. The van der Waals surface area contributed by atoms with Gasteiger partial charge in [-0.15, -0.1) is 0 Å². The molecule has 2 aromatic carbocycles. The fourth-order valence-electron chi connectivity index (χ4n) is 4.56. The van der Waals surface area contributed by atoms with Crippen LogP contribution in [0.1, 0.15) is 29.4 Å². The fraction of sp³-hybridized carbons (Fsp3) is 0.393. The highest BCUT2D eigenvalue weighted by atomic mass is 16.5. The largest absolute Gasteiger partial charge is 0.466 e. The Balaban J connectivity index is 1.28. The van der Waals surface area contributed by atoms with Gasteiger partial charge in [0.25, 0.3) is 5.56 Å². The van der Waals surface area contributed by atoms with Crippen LogP contribution in [0.2, 0.25) is 0 Å². The van der Waals surface area contributed by atoms with Crippen LogP contribution in [-0.2, 0) is 32.2 Å². The van der Waals surface area contributed by atoms with E-state index in [4.69, 9.17) is 9.47 Å². The SMILES string of the molecule is CCOC(=O)Cc1nn(CNC(=O)CCN2CCN(c3ccc(C(=O)OC)cc3)CC2)c(=O)c2ccccc12. The number of hydrogen-bond acceptors (Lipinski definition) is 9. The number of hydrogen-bond donors (Lipinski definition) is 1. The van der Waals surface area contributed by atoms with E-state index in [1.54, 1.807) is 43.3 Å². The van der Waals surface area contributed by atoms with Gasteiger partial charge in [0, 0.05) is 50.2 Å². The molecule has 11 nitrogen and oxygen atoms in total. The van der Waals surface area contributed by atoms with E-state index in [-0.39, 0.29) is 43.6 Å². The lowest BCUT2D eigenvalue weighted by molar-refractivity contribution is -0.142. The molecular weight excluding hydrogens is 502 g/mol. The molecule has 0 saturated carbocycles. The number of piperazine rings is 1. The van der Waals surface area contributed by atoms with Gasteiger partial charge in [0.05, 0.1) is 36.8 Å². The predicted molar refractivity (Wildman–Crippen MR) is 146 cm³/mol. The number of carbonyl (C=O) groups is 3. The van der Waals surface area contributed by atoms with Gasteiger partial charge in [-0.3, -0.25) is 19.3 Å². The van der Waals surface area contributed by atoms with E-state index in [0.717, 1.165) is 31.9 Å². The predicted octanol–water partition coefficient (Wildman–Crippen LogP) is 1.57. The molecule has 0 unspecified atom stereocenters. The lowest BCUT2D eigenvalue weighted by Gasteiger charge is -2.36. The first-order chi connectivity index (χ1) is 18.9. The Bertz CT molecular complexity index is 1380. The molecule has 0 bridgehead atoms. The lowest BCUT2D eigenvalue weighted by atomic mass is 10.1. The molecule has 206 valence electrons. The maximum Gasteiger partial charge on any atom is 0.337 e. The summed E-state index contributed by atoms with van der Waals surface area (Å²) < 4.78 is 11.0. The summed E-state index contributed by atoms with van der Waals surface area (Å²) in [4.78, 5) is 53.6. The van der Waals surface area contributed by atoms with Crippen molar-refractivity contribution in [2.75, 3.05) is 51.3 Å². The van der Waals surface area contributed by atoms with Crippen LogP contribution in [0.5, 0.6) is 0 Å². The highest BCUT2D eigenvalue weighted by molar-refractivity contribution is 5.89. The molecule has 11 heteroatoms. The monoisotopic (exact) mass is 535 g/mol. The first-order valence-electron chi connectivity index (χ1n) is 13.0. The van der Waals surface area contributed by atoms with Crippen LogP contribution in [0.3, 0.4) is 0 Å².